The van der Waals surface area contributed by atoms with Gasteiger partial charge in [0.05, 0.1) is 6.21 Å². The Balaban J connectivity index is 1.95. The summed E-state index contributed by atoms with van der Waals surface area (Å²) in [7, 11) is 0. The number of carbonyl (C=O) groups excluding carboxylic acids is 1. The van der Waals surface area contributed by atoms with Gasteiger partial charge in [-0.3, -0.25) is 4.79 Å². The van der Waals surface area contributed by atoms with Crippen LogP contribution < -0.4 is 0 Å². The van der Waals surface area contributed by atoms with Crippen molar-refractivity contribution in [3.63, 3.8) is 0 Å². The second-order valence-electron chi connectivity index (χ2n) is 5.43. The van der Waals surface area contributed by atoms with Gasteiger partial charge in [-0.2, -0.15) is 5.10 Å². The van der Waals surface area contributed by atoms with Gasteiger partial charge in [-0.15, -0.1) is 5.10 Å². The summed E-state index contributed by atoms with van der Waals surface area (Å²) in [6.07, 6.45) is 1.27. The van der Waals surface area contributed by atoms with Gasteiger partial charge in [0, 0.05) is 11.1 Å². The molecular weight excluding hydrogens is 334 g/mol. The maximum atomic E-state index is 13.3. The second-order valence-corrected chi connectivity index (χ2v) is 5.43. The quantitative estimate of drug-likeness (QED) is 0.375. The molecule has 0 unspecified atom stereocenters. The molecule has 26 heavy (non-hydrogen) atoms. The number of ketones is 1. The largest absolute Gasteiger partial charge is 0.287 e. The average Bonchev–Trinajstić information content (AvgIpc) is 2.69. The van der Waals surface area contributed by atoms with E-state index in [4.69, 9.17) is 0 Å². The molecule has 0 bridgehead atoms. The maximum Gasteiger partial charge on any atom is 0.213 e. The maximum absolute atomic E-state index is 13.3. The van der Waals surface area contributed by atoms with Crippen molar-refractivity contribution in [2.24, 2.45) is 10.2 Å². The standard InChI is InChI=1S/C21H14F2N2O/c22-18-12-11-15(13-19(18)23)14-24-25-20(16-7-3-1-4-8-16)21(26)17-9-5-2-6-10-17/h1-14H/b24-14+,25-20+. The highest BCUT2D eigenvalue weighted by Crippen LogP contribution is 2.10. The number of benzene rings is 3. The zero-order valence-electron chi connectivity index (χ0n) is 13.6. The fourth-order valence-corrected chi connectivity index (χ4v) is 2.30. The SMILES string of the molecule is O=C(/C(=N/N=C/c1ccc(F)c(F)c1)c1ccccc1)c1ccccc1. The lowest BCUT2D eigenvalue weighted by Gasteiger charge is -2.04. The van der Waals surface area contributed by atoms with Gasteiger partial charge in [-0.1, -0.05) is 66.7 Å². The fraction of sp³-hybridized carbons (Fsp3) is 0. The highest BCUT2D eigenvalue weighted by atomic mass is 19.2. The Morgan fingerprint density at radius 2 is 1.38 bits per heavy atom. The van der Waals surface area contributed by atoms with Gasteiger partial charge in [-0.05, 0) is 17.7 Å². The first-order valence-corrected chi connectivity index (χ1v) is 7.86. The molecule has 0 aromatic heterocycles. The minimum Gasteiger partial charge on any atom is -0.287 e. The number of halogens is 2. The van der Waals surface area contributed by atoms with Crippen LogP contribution in [0.4, 0.5) is 8.78 Å². The summed E-state index contributed by atoms with van der Waals surface area (Å²) in [5.74, 6) is -2.18. The van der Waals surface area contributed by atoms with E-state index >= 15 is 0 Å². The fourth-order valence-electron chi connectivity index (χ4n) is 2.30. The summed E-state index contributed by atoms with van der Waals surface area (Å²) in [6.45, 7) is 0. The van der Waals surface area contributed by atoms with E-state index in [0.717, 1.165) is 12.1 Å². The predicted molar refractivity (Wildman–Crippen MR) is 97.7 cm³/mol. The molecule has 0 N–H and O–H groups in total. The number of nitrogens with zero attached hydrogens (tertiary/aromatic N) is 2. The zero-order valence-corrected chi connectivity index (χ0v) is 13.6. The minimum absolute atomic E-state index is 0.163. The third-order valence-electron chi connectivity index (χ3n) is 3.61. The molecule has 0 amide bonds. The van der Waals surface area contributed by atoms with Crippen LogP contribution in [0, 0.1) is 11.6 Å². The summed E-state index contributed by atoms with van der Waals surface area (Å²) >= 11 is 0. The molecular formula is C21H14F2N2O. The van der Waals surface area contributed by atoms with Crippen molar-refractivity contribution in [3.05, 3.63) is 107 Å². The van der Waals surface area contributed by atoms with Gasteiger partial charge >= 0.3 is 0 Å². The molecule has 0 radical (unpaired) electrons. The molecule has 0 fully saturated rings. The van der Waals surface area contributed by atoms with Gasteiger partial charge in [0.2, 0.25) is 5.78 Å². The van der Waals surface area contributed by atoms with E-state index in [9.17, 15) is 13.6 Å². The first-order chi connectivity index (χ1) is 12.6. The molecule has 0 aliphatic carbocycles. The molecule has 0 aliphatic rings. The lowest BCUT2D eigenvalue weighted by molar-refractivity contribution is 0.106. The van der Waals surface area contributed by atoms with Gasteiger partial charge < -0.3 is 0 Å². The molecule has 3 aromatic rings. The van der Waals surface area contributed by atoms with Crippen LogP contribution in [0.3, 0.4) is 0 Å². The molecule has 0 saturated carbocycles. The van der Waals surface area contributed by atoms with E-state index in [-0.39, 0.29) is 11.5 Å². The number of hydrogen-bond donors (Lipinski definition) is 0. The molecule has 0 aliphatic heterocycles. The first-order valence-electron chi connectivity index (χ1n) is 7.86. The number of Topliss-reactive ketones (excluding diaryl/α,β-unsaturated/α-hetero) is 1. The molecule has 3 nitrogen and oxygen atoms in total. The molecule has 0 atom stereocenters. The van der Waals surface area contributed by atoms with E-state index in [1.54, 1.807) is 48.5 Å². The van der Waals surface area contributed by atoms with Crippen molar-refractivity contribution < 1.29 is 13.6 Å². The van der Waals surface area contributed by atoms with Crippen molar-refractivity contribution in [1.82, 2.24) is 0 Å². The lowest BCUT2D eigenvalue weighted by atomic mass is 10.0. The van der Waals surface area contributed by atoms with Crippen molar-refractivity contribution in [2.75, 3.05) is 0 Å². The average molecular weight is 348 g/mol. The Kier molecular flexibility index (Phi) is 5.39. The Morgan fingerprint density at radius 3 is 2.00 bits per heavy atom. The van der Waals surface area contributed by atoms with Crippen molar-refractivity contribution in [1.29, 1.82) is 0 Å². The van der Waals surface area contributed by atoms with Crippen LogP contribution in [-0.2, 0) is 0 Å². The van der Waals surface area contributed by atoms with Gasteiger partial charge in [-0.25, -0.2) is 8.78 Å². The van der Waals surface area contributed by atoms with Crippen LogP contribution in [0.25, 0.3) is 0 Å². The summed E-state index contributed by atoms with van der Waals surface area (Å²) in [5, 5.41) is 7.93. The third kappa shape index (κ3) is 4.13. The molecule has 0 spiro atoms. The molecule has 3 aromatic carbocycles. The molecule has 0 heterocycles. The monoisotopic (exact) mass is 348 g/mol. The van der Waals surface area contributed by atoms with Crippen LogP contribution in [0.15, 0.2) is 89.1 Å². The number of carbonyl (C=O) groups is 1. The highest BCUT2D eigenvalue weighted by Gasteiger charge is 2.16. The van der Waals surface area contributed by atoms with Crippen molar-refractivity contribution >= 4 is 17.7 Å². The Hall–Kier alpha value is -3.47. The smallest absolute Gasteiger partial charge is 0.213 e. The first kappa shape index (κ1) is 17.4. The summed E-state index contributed by atoms with van der Waals surface area (Å²) in [6, 6.07) is 21.1. The Labute approximate surface area is 149 Å². The van der Waals surface area contributed by atoms with Crippen LogP contribution in [0.5, 0.6) is 0 Å². The van der Waals surface area contributed by atoms with Gasteiger partial charge in [0.15, 0.2) is 11.6 Å². The van der Waals surface area contributed by atoms with Gasteiger partial charge in [0.1, 0.15) is 5.71 Å². The Bertz CT molecular complexity index is 968. The molecule has 128 valence electrons. The van der Waals surface area contributed by atoms with Crippen LogP contribution >= 0.6 is 0 Å². The Morgan fingerprint density at radius 1 is 0.769 bits per heavy atom. The molecule has 0 saturated heterocycles. The van der Waals surface area contributed by atoms with Crippen LogP contribution in [0.2, 0.25) is 0 Å². The van der Waals surface area contributed by atoms with Gasteiger partial charge in [0.25, 0.3) is 0 Å². The van der Waals surface area contributed by atoms with Crippen molar-refractivity contribution in [2.45, 2.75) is 0 Å². The topological polar surface area (TPSA) is 41.8 Å². The summed E-state index contributed by atoms with van der Waals surface area (Å²) in [4.78, 5) is 12.8. The molecule has 3 rings (SSSR count). The number of rotatable bonds is 5. The summed E-state index contributed by atoms with van der Waals surface area (Å²) in [5.41, 5.74) is 1.60. The number of hydrogen-bond acceptors (Lipinski definition) is 3. The third-order valence-corrected chi connectivity index (χ3v) is 3.61. The van der Waals surface area contributed by atoms with E-state index < -0.39 is 11.6 Å². The molecule has 5 heteroatoms. The van der Waals surface area contributed by atoms with E-state index in [1.807, 2.05) is 12.1 Å². The normalized spacial score (nSPS) is 11.7. The predicted octanol–water partition coefficient (Wildman–Crippen LogP) is 4.67. The van der Waals surface area contributed by atoms with E-state index in [0.29, 0.717) is 16.7 Å². The lowest BCUT2D eigenvalue weighted by Crippen LogP contribution is -2.15. The van der Waals surface area contributed by atoms with Crippen LogP contribution in [-0.4, -0.2) is 17.7 Å². The highest BCUT2D eigenvalue weighted by molar-refractivity contribution is 6.51. The van der Waals surface area contributed by atoms with Crippen LogP contribution in [0.1, 0.15) is 21.5 Å². The van der Waals surface area contributed by atoms with E-state index in [2.05, 4.69) is 10.2 Å². The van der Waals surface area contributed by atoms with Crippen molar-refractivity contribution in [3.8, 4) is 0 Å². The van der Waals surface area contributed by atoms with E-state index in [1.165, 1.54) is 12.3 Å². The summed E-state index contributed by atoms with van der Waals surface area (Å²) < 4.78 is 26.2. The second kappa shape index (κ2) is 8.07. The minimum atomic E-state index is -0.971. The zero-order chi connectivity index (χ0) is 18.4.